The number of halogens is 2. The Morgan fingerprint density at radius 2 is 1.73 bits per heavy atom. The summed E-state index contributed by atoms with van der Waals surface area (Å²) in [6, 6.07) is 0. The van der Waals surface area contributed by atoms with Crippen LogP contribution in [-0.4, -0.2) is 33.0 Å². The van der Waals surface area contributed by atoms with Gasteiger partial charge in [0.05, 0.1) is 5.56 Å². The lowest BCUT2D eigenvalue weighted by molar-refractivity contribution is -0.134. The van der Waals surface area contributed by atoms with Crippen molar-refractivity contribution in [2.75, 3.05) is 5.32 Å². The summed E-state index contributed by atoms with van der Waals surface area (Å²) >= 11 is 1.10. The number of hydrogen-bond donors (Lipinski definition) is 2. The lowest BCUT2D eigenvalue weighted by Crippen LogP contribution is -2.35. The number of fused-ring (bicyclic) bond motifs is 3. The number of aliphatic carboxylic acids is 1. The molecule has 0 aliphatic heterocycles. The van der Waals surface area contributed by atoms with Crippen LogP contribution in [0.15, 0.2) is 15.7 Å². The molecule has 7 nitrogen and oxygen atoms in total. The summed E-state index contributed by atoms with van der Waals surface area (Å²) in [5, 5.41) is 17.1. The van der Waals surface area contributed by atoms with Gasteiger partial charge in [-0.25, -0.2) is 13.6 Å². The Morgan fingerprint density at radius 3 is 2.39 bits per heavy atom. The van der Waals surface area contributed by atoms with E-state index in [0.717, 1.165) is 49.9 Å². The zero-order chi connectivity index (χ0) is 22.9. The number of carbonyl (C=O) groups excluding carboxylic acids is 1. The van der Waals surface area contributed by atoms with Crippen molar-refractivity contribution in [3.63, 3.8) is 0 Å². The highest BCUT2D eigenvalue weighted by Crippen LogP contribution is 2.49. The molecule has 0 radical (unpaired) electrons. The van der Waals surface area contributed by atoms with E-state index in [1.807, 2.05) is 0 Å². The molecule has 0 unspecified atom stereocenters. The van der Waals surface area contributed by atoms with Crippen LogP contribution in [0.4, 0.5) is 13.8 Å². The number of anilines is 1. The average Bonchev–Trinajstić information content (AvgIpc) is 3.42. The molecule has 2 saturated carbocycles. The molecule has 10 heteroatoms. The van der Waals surface area contributed by atoms with Gasteiger partial charge in [0.2, 0.25) is 0 Å². The number of carboxylic acid groups (broad SMARTS) is 1. The van der Waals surface area contributed by atoms with E-state index in [0.29, 0.717) is 32.4 Å². The molecule has 33 heavy (non-hydrogen) atoms. The second kappa shape index (κ2) is 7.44. The molecule has 2 heterocycles. The third-order valence-corrected chi connectivity index (χ3v) is 8.53. The van der Waals surface area contributed by atoms with Crippen LogP contribution in [0.3, 0.4) is 0 Å². The summed E-state index contributed by atoms with van der Waals surface area (Å²) in [6.07, 6.45) is 4.60. The quantitative estimate of drug-likeness (QED) is 0.635. The van der Waals surface area contributed by atoms with Gasteiger partial charge in [-0.1, -0.05) is 5.16 Å². The van der Waals surface area contributed by atoms with Crippen molar-refractivity contribution in [3.8, 4) is 11.5 Å². The monoisotopic (exact) mass is 475 g/mol. The van der Waals surface area contributed by atoms with E-state index in [1.54, 1.807) is 0 Å². The molecule has 2 bridgehead atoms. The maximum Gasteiger partial charge on any atom is 0.332 e. The minimum Gasteiger partial charge on any atom is -0.478 e. The number of carbonyl (C=O) groups is 2. The van der Waals surface area contributed by atoms with Crippen molar-refractivity contribution < 1.29 is 28.0 Å². The minimum atomic E-state index is -2.80. The van der Waals surface area contributed by atoms with Crippen LogP contribution in [0.5, 0.6) is 0 Å². The molecule has 0 aromatic carbocycles. The first-order valence-electron chi connectivity index (χ1n) is 11.5. The van der Waals surface area contributed by atoms with Crippen LogP contribution in [0.2, 0.25) is 0 Å². The molecular weight excluding hydrogens is 452 g/mol. The topological polar surface area (TPSA) is 105 Å². The van der Waals surface area contributed by atoms with E-state index in [4.69, 9.17) is 4.52 Å². The van der Waals surface area contributed by atoms with E-state index in [2.05, 4.69) is 15.5 Å². The summed E-state index contributed by atoms with van der Waals surface area (Å²) in [7, 11) is 0. The van der Waals surface area contributed by atoms with Crippen LogP contribution < -0.4 is 5.32 Å². The van der Waals surface area contributed by atoms with Crippen molar-refractivity contribution >= 4 is 28.2 Å². The standard InChI is InChI=1S/C23H23F2N3O4S/c24-23(25)8-7-13-14(9-23)33-21(17(13)20-26-18(28-32-20)12-5-6-12)27-19(29)15-10-1-3-11(4-2-10)16(15)22(30)31/h10-12H,1-9H2,(H,27,29)(H,30,31). The fraction of sp³-hybridized carbons (Fsp3) is 0.565. The molecule has 2 N–H and O–H groups in total. The minimum absolute atomic E-state index is 0.0895. The first-order valence-corrected chi connectivity index (χ1v) is 12.3. The van der Waals surface area contributed by atoms with Crippen LogP contribution in [0.1, 0.15) is 67.1 Å². The van der Waals surface area contributed by atoms with Gasteiger partial charge in [-0.15, -0.1) is 11.3 Å². The van der Waals surface area contributed by atoms with Crippen LogP contribution in [-0.2, 0) is 22.4 Å². The lowest BCUT2D eigenvalue weighted by atomic mass is 9.66. The highest BCUT2D eigenvalue weighted by Gasteiger charge is 2.43. The first kappa shape index (κ1) is 20.9. The normalized spacial score (nSPS) is 25.8. The Hall–Kier alpha value is -2.62. The highest BCUT2D eigenvalue weighted by atomic mass is 32.1. The molecule has 174 valence electrons. The average molecular weight is 476 g/mol. The zero-order valence-electron chi connectivity index (χ0n) is 17.8. The Labute approximate surface area is 192 Å². The maximum absolute atomic E-state index is 14.1. The van der Waals surface area contributed by atoms with Crippen molar-refractivity contribution in [2.24, 2.45) is 11.8 Å². The van der Waals surface area contributed by atoms with Gasteiger partial charge in [0.1, 0.15) is 5.00 Å². The molecule has 7 rings (SSSR count). The molecule has 1 amide bonds. The third kappa shape index (κ3) is 3.59. The SMILES string of the molecule is O=C(O)C1=C(C(=O)Nc2sc3c(c2-c2nc(C4CC4)no2)CCC(F)(F)C3)C2CCC1CC2. The van der Waals surface area contributed by atoms with Gasteiger partial charge in [-0.3, -0.25) is 4.79 Å². The van der Waals surface area contributed by atoms with Crippen molar-refractivity contribution in [1.29, 1.82) is 0 Å². The van der Waals surface area contributed by atoms with Gasteiger partial charge in [0.15, 0.2) is 5.82 Å². The number of rotatable bonds is 5. The fourth-order valence-corrected chi connectivity index (χ4v) is 6.90. The lowest BCUT2D eigenvalue weighted by Gasteiger charge is -2.37. The number of nitrogens with one attached hydrogen (secondary N) is 1. The van der Waals surface area contributed by atoms with Crippen LogP contribution in [0, 0.1) is 11.8 Å². The van der Waals surface area contributed by atoms with Crippen molar-refractivity contribution in [2.45, 2.75) is 69.6 Å². The molecule has 5 aliphatic carbocycles. The Bertz CT molecular complexity index is 1190. The molecular formula is C23H23F2N3O4S. The molecule has 0 atom stereocenters. The van der Waals surface area contributed by atoms with E-state index < -0.39 is 24.2 Å². The van der Waals surface area contributed by atoms with Gasteiger partial charge >= 0.3 is 5.97 Å². The predicted molar refractivity (Wildman–Crippen MR) is 115 cm³/mol. The third-order valence-electron chi connectivity index (χ3n) is 7.38. The smallest absolute Gasteiger partial charge is 0.332 e. The number of aromatic nitrogens is 2. The van der Waals surface area contributed by atoms with Gasteiger partial charge in [-0.2, -0.15) is 4.98 Å². The number of hydrogen-bond acceptors (Lipinski definition) is 6. The molecule has 0 saturated heterocycles. The van der Waals surface area contributed by atoms with Crippen LogP contribution >= 0.6 is 11.3 Å². The number of thiophene rings is 1. The summed E-state index contributed by atoms with van der Waals surface area (Å²) < 4.78 is 33.8. The zero-order valence-corrected chi connectivity index (χ0v) is 18.6. The maximum atomic E-state index is 14.1. The van der Waals surface area contributed by atoms with Gasteiger partial charge in [0, 0.05) is 34.8 Å². The van der Waals surface area contributed by atoms with Gasteiger partial charge < -0.3 is 14.9 Å². The predicted octanol–water partition coefficient (Wildman–Crippen LogP) is 4.94. The second-order valence-corrected chi connectivity index (χ2v) is 10.7. The summed E-state index contributed by atoms with van der Waals surface area (Å²) in [4.78, 5) is 30.3. The van der Waals surface area contributed by atoms with Gasteiger partial charge in [0.25, 0.3) is 17.7 Å². The molecule has 5 aliphatic rings. The second-order valence-electron chi connectivity index (χ2n) is 9.61. The van der Waals surface area contributed by atoms with Crippen molar-refractivity contribution in [3.05, 3.63) is 27.4 Å². The number of carboxylic acids is 1. The number of alkyl halides is 2. The van der Waals surface area contributed by atoms with E-state index in [9.17, 15) is 23.5 Å². The van der Waals surface area contributed by atoms with Gasteiger partial charge in [-0.05, 0) is 62.3 Å². The molecule has 2 fully saturated rings. The highest BCUT2D eigenvalue weighted by molar-refractivity contribution is 7.17. The largest absolute Gasteiger partial charge is 0.478 e. The molecule has 0 spiro atoms. The Balaban J connectivity index is 1.40. The Kier molecular flexibility index (Phi) is 4.73. The number of nitrogens with zero attached hydrogens (tertiary/aromatic N) is 2. The van der Waals surface area contributed by atoms with Crippen LogP contribution in [0.25, 0.3) is 11.5 Å². The van der Waals surface area contributed by atoms with Crippen molar-refractivity contribution in [1.82, 2.24) is 10.1 Å². The molecule has 2 aromatic heterocycles. The van der Waals surface area contributed by atoms with E-state index in [-0.39, 0.29) is 42.1 Å². The summed E-state index contributed by atoms with van der Waals surface area (Å²) in [5.74, 6) is -3.42. The molecule has 2 aromatic rings. The fourth-order valence-electron chi connectivity index (χ4n) is 5.59. The summed E-state index contributed by atoms with van der Waals surface area (Å²) in [6.45, 7) is 0. The summed E-state index contributed by atoms with van der Waals surface area (Å²) in [5.41, 5.74) is 1.76. The first-order chi connectivity index (χ1) is 15.8. The Morgan fingerprint density at radius 1 is 1.06 bits per heavy atom. The van der Waals surface area contributed by atoms with E-state index >= 15 is 0 Å². The number of amides is 1. The van der Waals surface area contributed by atoms with E-state index in [1.165, 1.54) is 0 Å².